The highest BCUT2D eigenvalue weighted by Gasteiger charge is 2.16. The molecule has 0 spiro atoms. The largest absolute Gasteiger partial charge is 0.421 e. The van der Waals surface area contributed by atoms with Crippen molar-refractivity contribution in [1.82, 2.24) is 0 Å². The average Bonchev–Trinajstić information content (AvgIpc) is 2.58. The van der Waals surface area contributed by atoms with Gasteiger partial charge in [0.1, 0.15) is 17.2 Å². The molecule has 6 nitrogen and oxygen atoms in total. The fourth-order valence-corrected chi connectivity index (χ4v) is 2.38. The molecule has 2 aromatic carbocycles. The number of urea groups is 1. The van der Waals surface area contributed by atoms with Crippen molar-refractivity contribution in [1.29, 1.82) is 0 Å². The van der Waals surface area contributed by atoms with Crippen molar-refractivity contribution in [3.63, 3.8) is 0 Å². The first-order valence-corrected chi connectivity index (χ1v) is 7.26. The summed E-state index contributed by atoms with van der Waals surface area (Å²) in [4.78, 5) is 24.2. The van der Waals surface area contributed by atoms with E-state index in [1.807, 2.05) is 0 Å². The standard InChI is InChI=1S/C17H13F2N3O3/c1-20-14-10-4-2-3-5-13(10)25-16(23)15(14)22-17(24)21-12-7-6-9(18)8-11(12)19/h2-8,20H,1H3,(H2,21,22,24). The van der Waals surface area contributed by atoms with Gasteiger partial charge in [-0.15, -0.1) is 0 Å². The Kier molecular flexibility index (Phi) is 4.34. The first-order valence-electron chi connectivity index (χ1n) is 7.26. The van der Waals surface area contributed by atoms with Crippen LogP contribution in [0, 0.1) is 11.6 Å². The van der Waals surface area contributed by atoms with Crippen LogP contribution in [-0.4, -0.2) is 13.1 Å². The van der Waals surface area contributed by atoms with E-state index in [0.29, 0.717) is 22.7 Å². The van der Waals surface area contributed by atoms with Gasteiger partial charge >= 0.3 is 11.7 Å². The molecular formula is C17H13F2N3O3. The molecule has 25 heavy (non-hydrogen) atoms. The van der Waals surface area contributed by atoms with Crippen LogP contribution in [0.5, 0.6) is 0 Å². The van der Waals surface area contributed by atoms with Crippen LogP contribution in [0.25, 0.3) is 11.0 Å². The average molecular weight is 345 g/mol. The normalized spacial score (nSPS) is 10.5. The molecule has 0 saturated carbocycles. The number of carbonyl (C=O) groups excluding carboxylic acids is 1. The number of benzene rings is 2. The number of nitrogens with one attached hydrogen (secondary N) is 3. The Labute approximate surface area is 140 Å². The van der Waals surface area contributed by atoms with E-state index < -0.39 is 23.3 Å². The van der Waals surface area contributed by atoms with E-state index >= 15 is 0 Å². The lowest BCUT2D eigenvalue weighted by molar-refractivity contribution is 0.262. The summed E-state index contributed by atoms with van der Waals surface area (Å²) in [6.07, 6.45) is 0. The monoisotopic (exact) mass is 345 g/mol. The Morgan fingerprint density at radius 2 is 1.80 bits per heavy atom. The number of halogens is 2. The molecule has 2 amide bonds. The lowest BCUT2D eigenvalue weighted by Gasteiger charge is -2.12. The number of fused-ring (bicyclic) bond motifs is 1. The first-order chi connectivity index (χ1) is 12.0. The van der Waals surface area contributed by atoms with Crippen molar-refractivity contribution >= 4 is 34.1 Å². The molecule has 3 aromatic rings. The third-order valence-corrected chi connectivity index (χ3v) is 3.48. The molecule has 0 bridgehead atoms. The van der Waals surface area contributed by atoms with E-state index in [0.717, 1.165) is 12.1 Å². The van der Waals surface area contributed by atoms with E-state index in [1.54, 1.807) is 31.3 Å². The first kappa shape index (κ1) is 16.4. The van der Waals surface area contributed by atoms with Gasteiger partial charge in [-0.2, -0.15) is 0 Å². The van der Waals surface area contributed by atoms with Crippen LogP contribution in [0.15, 0.2) is 51.7 Å². The zero-order chi connectivity index (χ0) is 18.0. The number of anilines is 3. The van der Waals surface area contributed by atoms with Crippen LogP contribution >= 0.6 is 0 Å². The molecule has 3 N–H and O–H groups in total. The minimum Gasteiger partial charge on any atom is -0.421 e. The van der Waals surface area contributed by atoms with Gasteiger partial charge < -0.3 is 15.1 Å². The van der Waals surface area contributed by atoms with E-state index in [9.17, 15) is 18.4 Å². The predicted octanol–water partition coefficient (Wildman–Crippen LogP) is 3.76. The van der Waals surface area contributed by atoms with E-state index in [-0.39, 0.29) is 11.4 Å². The topological polar surface area (TPSA) is 83.4 Å². The van der Waals surface area contributed by atoms with Gasteiger partial charge in [0.05, 0.1) is 11.4 Å². The number of amides is 2. The van der Waals surface area contributed by atoms with Gasteiger partial charge in [0.15, 0.2) is 5.69 Å². The van der Waals surface area contributed by atoms with E-state index in [2.05, 4.69) is 16.0 Å². The number of para-hydroxylation sites is 1. The van der Waals surface area contributed by atoms with Crippen LogP contribution in [0.2, 0.25) is 0 Å². The summed E-state index contributed by atoms with van der Waals surface area (Å²) < 4.78 is 31.7. The minimum atomic E-state index is -0.936. The Balaban J connectivity index is 1.93. The van der Waals surface area contributed by atoms with Crippen molar-refractivity contribution in [2.45, 2.75) is 0 Å². The Bertz CT molecular complexity index is 1020. The third kappa shape index (κ3) is 3.27. The lowest BCUT2D eigenvalue weighted by atomic mass is 10.2. The number of hydrogen-bond acceptors (Lipinski definition) is 4. The van der Waals surface area contributed by atoms with E-state index in [4.69, 9.17) is 4.42 Å². The second-order valence-corrected chi connectivity index (χ2v) is 5.09. The smallest absolute Gasteiger partial charge is 0.362 e. The van der Waals surface area contributed by atoms with Gasteiger partial charge in [0.2, 0.25) is 0 Å². The maximum absolute atomic E-state index is 13.6. The molecule has 0 aliphatic heterocycles. The number of hydrogen-bond donors (Lipinski definition) is 3. The maximum atomic E-state index is 13.6. The molecule has 0 unspecified atom stereocenters. The molecular weight excluding hydrogens is 332 g/mol. The Morgan fingerprint density at radius 3 is 2.52 bits per heavy atom. The zero-order valence-electron chi connectivity index (χ0n) is 13.0. The highest BCUT2D eigenvalue weighted by molar-refractivity contribution is 6.05. The molecule has 0 aliphatic carbocycles. The molecule has 3 rings (SSSR count). The fourth-order valence-electron chi connectivity index (χ4n) is 2.38. The molecule has 0 fully saturated rings. The van der Waals surface area contributed by atoms with Gasteiger partial charge in [-0.1, -0.05) is 12.1 Å². The Hall–Kier alpha value is -3.42. The molecule has 0 atom stereocenters. The maximum Gasteiger partial charge on any atom is 0.362 e. The lowest BCUT2D eigenvalue weighted by Crippen LogP contribution is -2.24. The SMILES string of the molecule is CNc1c(NC(=O)Nc2ccc(F)cc2F)c(=O)oc2ccccc12. The summed E-state index contributed by atoms with van der Waals surface area (Å²) in [7, 11) is 1.59. The predicted molar refractivity (Wildman–Crippen MR) is 91.0 cm³/mol. The quantitative estimate of drug-likeness (QED) is 0.631. The zero-order valence-corrected chi connectivity index (χ0v) is 13.0. The molecule has 0 saturated heterocycles. The van der Waals surface area contributed by atoms with Gasteiger partial charge in [-0.3, -0.25) is 5.32 Å². The van der Waals surface area contributed by atoms with Crippen molar-refractivity contribution < 1.29 is 18.0 Å². The van der Waals surface area contributed by atoms with Crippen LogP contribution in [0.1, 0.15) is 0 Å². The van der Waals surface area contributed by atoms with Gasteiger partial charge in [0, 0.05) is 18.5 Å². The summed E-state index contributed by atoms with van der Waals surface area (Å²) >= 11 is 0. The van der Waals surface area contributed by atoms with Crippen LogP contribution in [-0.2, 0) is 0 Å². The van der Waals surface area contributed by atoms with Crippen molar-refractivity contribution in [2.75, 3.05) is 23.0 Å². The van der Waals surface area contributed by atoms with Crippen LogP contribution in [0.4, 0.5) is 30.6 Å². The summed E-state index contributed by atoms with van der Waals surface area (Å²) in [6.45, 7) is 0. The third-order valence-electron chi connectivity index (χ3n) is 3.48. The number of carbonyl (C=O) groups is 1. The minimum absolute atomic E-state index is 0.124. The van der Waals surface area contributed by atoms with Crippen molar-refractivity contribution in [3.05, 3.63) is 64.5 Å². The van der Waals surface area contributed by atoms with Crippen molar-refractivity contribution in [2.24, 2.45) is 0 Å². The van der Waals surface area contributed by atoms with E-state index in [1.165, 1.54) is 0 Å². The van der Waals surface area contributed by atoms with Gasteiger partial charge in [-0.05, 0) is 24.3 Å². The van der Waals surface area contributed by atoms with Gasteiger partial charge in [0.25, 0.3) is 0 Å². The summed E-state index contributed by atoms with van der Waals surface area (Å²) in [5.41, 5.74) is -0.400. The summed E-state index contributed by atoms with van der Waals surface area (Å²) in [5.74, 6) is -1.70. The second kappa shape index (κ2) is 6.60. The summed E-state index contributed by atoms with van der Waals surface area (Å²) in [6, 6.07) is 8.64. The number of rotatable bonds is 3. The van der Waals surface area contributed by atoms with Crippen molar-refractivity contribution in [3.8, 4) is 0 Å². The highest BCUT2D eigenvalue weighted by Crippen LogP contribution is 2.28. The summed E-state index contributed by atoms with van der Waals surface area (Å²) in [5, 5.41) is 7.98. The molecule has 1 heterocycles. The Morgan fingerprint density at radius 1 is 1.04 bits per heavy atom. The van der Waals surface area contributed by atoms with Crippen LogP contribution < -0.4 is 21.6 Å². The molecule has 1 aromatic heterocycles. The second-order valence-electron chi connectivity index (χ2n) is 5.09. The van der Waals surface area contributed by atoms with Gasteiger partial charge in [-0.25, -0.2) is 18.4 Å². The molecule has 128 valence electrons. The molecule has 0 radical (unpaired) electrons. The fraction of sp³-hybridized carbons (Fsp3) is 0.0588. The van der Waals surface area contributed by atoms with Crippen LogP contribution in [0.3, 0.4) is 0 Å². The molecule has 0 aliphatic rings. The molecule has 8 heteroatoms. The highest BCUT2D eigenvalue weighted by atomic mass is 19.1.